The summed E-state index contributed by atoms with van der Waals surface area (Å²) in [5, 5.41) is 3.47. The quantitative estimate of drug-likeness (QED) is 0.867. The molecule has 1 aliphatic carbocycles. The van der Waals surface area contributed by atoms with Crippen molar-refractivity contribution in [3.05, 3.63) is 17.1 Å². The highest BCUT2D eigenvalue weighted by atomic mass is 15.1. The van der Waals surface area contributed by atoms with Gasteiger partial charge in [0.2, 0.25) is 0 Å². The lowest BCUT2D eigenvalue weighted by molar-refractivity contribution is 0.389. The van der Waals surface area contributed by atoms with E-state index in [1.165, 1.54) is 24.1 Å². The van der Waals surface area contributed by atoms with Crippen molar-refractivity contribution in [1.82, 2.24) is 14.9 Å². The molecule has 2 rings (SSSR count). The molecule has 0 bridgehead atoms. The molecule has 0 unspecified atom stereocenters. The fourth-order valence-corrected chi connectivity index (χ4v) is 2.39. The molecule has 18 heavy (non-hydrogen) atoms. The third kappa shape index (κ3) is 3.19. The number of fused-ring (bicyclic) bond motifs is 1. The monoisotopic (exact) mass is 248 g/mol. The Morgan fingerprint density at radius 2 is 1.94 bits per heavy atom. The summed E-state index contributed by atoms with van der Waals surface area (Å²) in [7, 11) is 4.11. The van der Waals surface area contributed by atoms with Crippen LogP contribution in [0.15, 0.2) is 0 Å². The lowest BCUT2D eigenvalue weighted by atomic mass is 9.96. The Morgan fingerprint density at radius 1 is 1.17 bits per heavy atom. The summed E-state index contributed by atoms with van der Waals surface area (Å²) in [5.74, 6) is 2.03. The van der Waals surface area contributed by atoms with Crippen molar-refractivity contribution in [1.29, 1.82) is 0 Å². The van der Waals surface area contributed by atoms with Crippen molar-refractivity contribution in [3.63, 3.8) is 0 Å². The van der Waals surface area contributed by atoms with Crippen LogP contribution in [0.5, 0.6) is 0 Å². The van der Waals surface area contributed by atoms with E-state index in [2.05, 4.69) is 31.2 Å². The topological polar surface area (TPSA) is 41.1 Å². The number of rotatable bonds is 5. The van der Waals surface area contributed by atoms with Crippen molar-refractivity contribution < 1.29 is 0 Å². The summed E-state index contributed by atoms with van der Waals surface area (Å²) in [5.41, 5.74) is 2.63. The standard InChI is InChI=1S/C14H24N4/c1-4-9-15-14-11-7-5-6-8-12(11)16-13(17-14)10-18(2)3/h4-10H2,1-3H3,(H,15,16,17). The molecule has 1 heterocycles. The lowest BCUT2D eigenvalue weighted by Crippen LogP contribution is -2.19. The minimum Gasteiger partial charge on any atom is -0.370 e. The van der Waals surface area contributed by atoms with Crippen LogP contribution in [0.25, 0.3) is 0 Å². The van der Waals surface area contributed by atoms with Crippen LogP contribution < -0.4 is 5.32 Å². The van der Waals surface area contributed by atoms with Gasteiger partial charge in [0.15, 0.2) is 0 Å². The number of aryl methyl sites for hydroxylation is 1. The number of nitrogens with one attached hydrogen (secondary N) is 1. The Bertz CT molecular complexity index is 401. The molecule has 0 aliphatic heterocycles. The molecule has 1 N–H and O–H groups in total. The van der Waals surface area contributed by atoms with Crippen molar-refractivity contribution in [3.8, 4) is 0 Å². The average molecular weight is 248 g/mol. The van der Waals surface area contributed by atoms with E-state index < -0.39 is 0 Å². The number of nitrogens with zero attached hydrogens (tertiary/aromatic N) is 3. The van der Waals surface area contributed by atoms with Gasteiger partial charge in [-0.05, 0) is 46.2 Å². The van der Waals surface area contributed by atoms with Crippen LogP contribution in [-0.2, 0) is 19.4 Å². The normalized spacial score (nSPS) is 14.7. The van der Waals surface area contributed by atoms with Crippen LogP contribution in [0.3, 0.4) is 0 Å². The highest BCUT2D eigenvalue weighted by Gasteiger charge is 2.17. The minimum absolute atomic E-state index is 0.814. The van der Waals surface area contributed by atoms with Crippen LogP contribution in [0, 0.1) is 0 Å². The van der Waals surface area contributed by atoms with Crippen LogP contribution in [-0.4, -0.2) is 35.5 Å². The molecular formula is C14H24N4. The predicted molar refractivity (Wildman–Crippen MR) is 74.8 cm³/mol. The summed E-state index contributed by atoms with van der Waals surface area (Å²) in [6, 6.07) is 0. The highest BCUT2D eigenvalue weighted by molar-refractivity contribution is 5.47. The summed E-state index contributed by atoms with van der Waals surface area (Å²) in [6.45, 7) is 3.99. The number of aromatic nitrogens is 2. The SMILES string of the molecule is CCCNc1nc(CN(C)C)nc2c1CCCC2. The van der Waals surface area contributed by atoms with E-state index in [0.29, 0.717) is 0 Å². The molecule has 1 aromatic rings. The van der Waals surface area contributed by atoms with Crippen LogP contribution >= 0.6 is 0 Å². The molecule has 4 nitrogen and oxygen atoms in total. The van der Waals surface area contributed by atoms with Gasteiger partial charge in [-0.25, -0.2) is 9.97 Å². The van der Waals surface area contributed by atoms with E-state index in [-0.39, 0.29) is 0 Å². The van der Waals surface area contributed by atoms with Gasteiger partial charge in [0.05, 0.1) is 6.54 Å². The van der Waals surface area contributed by atoms with Crippen LogP contribution in [0.4, 0.5) is 5.82 Å². The first-order valence-electron chi connectivity index (χ1n) is 6.98. The smallest absolute Gasteiger partial charge is 0.144 e. The van der Waals surface area contributed by atoms with Crippen LogP contribution in [0.1, 0.15) is 43.3 Å². The molecule has 0 spiro atoms. The number of hydrogen-bond donors (Lipinski definition) is 1. The van der Waals surface area contributed by atoms with E-state index in [0.717, 1.165) is 44.0 Å². The molecule has 1 aliphatic rings. The van der Waals surface area contributed by atoms with Gasteiger partial charge in [-0.15, -0.1) is 0 Å². The average Bonchev–Trinajstić information content (AvgIpc) is 2.35. The van der Waals surface area contributed by atoms with Crippen molar-refractivity contribution in [2.75, 3.05) is 26.0 Å². The predicted octanol–water partition coefficient (Wildman–Crippen LogP) is 2.24. The van der Waals surface area contributed by atoms with Gasteiger partial charge in [-0.1, -0.05) is 6.92 Å². The Labute approximate surface area is 110 Å². The van der Waals surface area contributed by atoms with Crippen molar-refractivity contribution in [2.45, 2.75) is 45.6 Å². The zero-order chi connectivity index (χ0) is 13.0. The summed E-state index contributed by atoms with van der Waals surface area (Å²) >= 11 is 0. The van der Waals surface area contributed by atoms with Gasteiger partial charge in [-0.2, -0.15) is 0 Å². The van der Waals surface area contributed by atoms with Crippen molar-refractivity contribution in [2.24, 2.45) is 0 Å². The minimum atomic E-state index is 0.814. The van der Waals surface area contributed by atoms with Gasteiger partial charge in [0.1, 0.15) is 11.6 Å². The first-order valence-corrected chi connectivity index (χ1v) is 6.98. The third-order valence-electron chi connectivity index (χ3n) is 3.23. The Balaban J connectivity index is 2.28. The zero-order valence-corrected chi connectivity index (χ0v) is 11.8. The third-order valence-corrected chi connectivity index (χ3v) is 3.23. The Hall–Kier alpha value is -1.16. The number of hydrogen-bond acceptors (Lipinski definition) is 4. The van der Waals surface area contributed by atoms with E-state index in [1.54, 1.807) is 0 Å². The van der Waals surface area contributed by atoms with E-state index in [1.807, 2.05) is 0 Å². The Kier molecular flexibility index (Phi) is 4.53. The second-order valence-electron chi connectivity index (χ2n) is 5.29. The van der Waals surface area contributed by atoms with Gasteiger partial charge < -0.3 is 10.2 Å². The summed E-state index contributed by atoms with van der Waals surface area (Å²) < 4.78 is 0. The molecule has 100 valence electrons. The fourth-order valence-electron chi connectivity index (χ4n) is 2.39. The highest BCUT2D eigenvalue weighted by Crippen LogP contribution is 2.25. The second-order valence-corrected chi connectivity index (χ2v) is 5.29. The fraction of sp³-hybridized carbons (Fsp3) is 0.714. The van der Waals surface area contributed by atoms with E-state index in [9.17, 15) is 0 Å². The first-order chi connectivity index (χ1) is 8.70. The molecule has 4 heteroatoms. The molecule has 0 saturated heterocycles. The van der Waals surface area contributed by atoms with Gasteiger partial charge in [0.25, 0.3) is 0 Å². The first kappa shape index (κ1) is 13.3. The zero-order valence-electron chi connectivity index (χ0n) is 11.8. The van der Waals surface area contributed by atoms with Gasteiger partial charge in [-0.3, -0.25) is 0 Å². The summed E-state index contributed by atoms with van der Waals surface area (Å²) in [6.07, 6.45) is 5.90. The maximum Gasteiger partial charge on any atom is 0.144 e. The molecule has 0 fully saturated rings. The summed E-state index contributed by atoms with van der Waals surface area (Å²) in [4.78, 5) is 11.5. The maximum atomic E-state index is 4.73. The lowest BCUT2D eigenvalue weighted by Gasteiger charge is -2.20. The molecule has 0 amide bonds. The number of anilines is 1. The van der Waals surface area contributed by atoms with E-state index >= 15 is 0 Å². The molecule has 0 atom stereocenters. The molecule has 1 aromatic heterocycles. The van der Waals surface area contributed by atoms with Crippen LogP contribution in [0.2, 0.25) is 0 Å². The second kappa shape index (κ2) is 6.14. The molecule has 0 radical (unpaired) electrons. The largest absolute Gasteiger partial charge is 0.370 e. The van der Waals surface area contributed by atoms with Gasteiger partial charge >= 0.3 is 0 Å². The van der Waals surface area contributed by atoms with Crippen molar-refractivity contribution >= 4 is 5.82 Å². The Morgan fingerprint density at radius 3 is 2.67 bits per heavy atom. The molecule has 0 saturated carbocycles. The maximum absolute atomic E-state index is 4.73. The van der Waals surface area contributed by atoms with E-state index in [4.69, 9.17) is 9.97 Å². The molecule has 0 aromatic carbocycles. The van der Waals surface area contributed by atoms with Gasteiger partial charge in [0, 0.05) is 17.8 Å². The molecular weight excluding hydrogens is 224 g/mol.